The van der Waals surface area contributed by atoms with E-state index < -0.39 is 0 Å². The minimum atomic E-state index is 0.197. The van der Waals surface area contributed by atoms with E-state index in [1.165, 1.54) is 0 Å². The summed E-state index contributed by atoms with van der Waals surface area (Å²) >= 11 is 0. The zero-order valence-electron chi connectivity index (χ0n) is 25.0. The fourth-order valence-electron chi connectivity index (χ4n) is 5.19. The smallest absolute Gasteiger partial charge is 0.182 e. The summed E-state index contributed by atoms with van der Waals surface area (Å²) in [6, 6.07) is 56.2. The molecule has 0 bridgehead atoms. The van der Waals surface area contributed by atoms with Crippen LogP contribution in [0, 0.1) is 5.41 Å². The first kappa shape index (κ1) is 28.4. The van der Waals surface area contributed by atoms with Crippen LogP contribution >= 0.6 is 0 Å². The number of hydrogen-bond acceptors (Lipinski definition) is 3. The first-order valence-electron chi connectivity index (χ1n) is 15.1. The Morgan fingerprint density at radius 1 is 0.522 bits per heavy atom. The van der Waals surface area contributed by atoms with Crippen LogP contribution in [-0.2, 0) is 0 Å². The van der Waals surface area contributed by atoms with Gasteiger partial charge in [0.2, 0.25) is 0 Å². The normalized spacial score (nSPS) is 11.3. The van der Waals surface area contributed by atoms with Crippen LogP contribution in [0.3, 0.4) is 0 Å². The molecule has 1 heterocycles. The molecule has 6 aromatic carbocycles. The summed E-state index contributed by atoms with van der Waals surface area (Å²) < 4.78 is 1.91. The Hall–Kier alpha value is -6.40. The van der Waals surface area contributed by atoms with Crippen molar-refractivity contribution in [2.24, 2.45) is 4.99 Å². The number of nitrogens with zero attached hydrogens (tertiary/aromatic N) is 4. The maximum absolute atomic E-state index is 8.57. The topological polar surface area (TPSA) is 79.0 Å². The summed E-state index contributed by atoms with van der Waals surface area (Å²) in [5.74, 6) is 2.29. The van der Waals surface area contributed by atoms with Gasteiger partial charge in [-0.3, -0.25) is 5.41 Å². The van der Waals surface area contributed by atoms with E-state index in [-0.39, 0.29) is 5.84 Å². The average Bonchev–Trinajstić information content (AvgIpc) is 3.59. The van der Waals surface area contributed by atoms with Gasteiger partial charge in [-0.2, -0.15) is 0 Å². The molecule has 0 unspecified atom stereocenters. The molecule has 1 aromatic heterocycles. The van der Waals surface area contributed by atoms with E-state index in [2.05, 4.69) is 58.8 Å². The molecule has 6 nitrogen and oxygen atoms in total. The highest BCUT2D eigenvalue weighted by Gasteiger charge is 2.15. The highest BCUT2D eigenvalue weighted by molar-refractivity contribution is 6.15. The van der Waals surface area contributed by atoms with Crippen LogP contribution in [-0.4, -0.2) is 26.4 Å². The first-order chi connectivity index (χ1) is 22.7. The maximum Gasteiger partial charge on any atom is 0.182 e. The third-order valence-corrected chi connectivity index (χ3v) is 7.58. The van der Waals surface area contributed by atoms with Crippen LogP contribution in [0.4, 0.5) is 5.69 Å². The van der Waals surface area contributed by atoms with E-state index in [9.17, 15) is 0 Å². The molecule has 6 heteroatoms. The maximum atomic E-state index is 8.57. The molecule has 0 saturated heterocycles. The summed E-state index contributed by atoms with van der Waals surface area (Å²) in [7, 11) is 0. The van der Waals surface area contributed by atoms with Gasteiger partial charge in [-0.05, 0) is 35.4 Å². The summed E-state index contributed by atoms with van der Waals surface area (Å²) in [5.41, 5.74) is 7.62. The molecule has 7 aromatic rings. The van der Waals surface area contributed by atoms with Crippen molar-refractivity contribution in [1.29, 1.82) is 5.41 Å². The predicted molar refractivity (Wildman–Crippen MR) is 188 cm³/mol. The number of nitrogens with one attached hydrogen (secondary N) is 2. The number of hydrogen-bond donors (Lipinski definition) is 2. The van der Waals surface area contributed by atoms with Crippen LogP contribution in [0.15, 0.2) is 175 Å². The Morgan fingerprint density at radius 2 is 1.02 bits per heavy atom. The SMILES string of the molecule is N=C(N=C(Nc1ccc(-c2ccc(-n3nc(-c4ccccc4)nc3-c3ccccc3)cc2)cc1)c1ccccc1)c1ccccc1. The lowest BCUT2D eigenvalue weighted by molar-refractivity contribution is 0.890. The minimum Gasteiger partial charge on any atom is -0.340 e. The average molecular weight is 595 g/mol. The molecule has 0 radical (unpaired) electrons. The zero-order chi connectivity index (χ0) is 31.1. The molecule has 0 spiro atoms. The summed E-state index contributed by atoms with van der Waals surface area (Å²) in [6.45, 7) is 0. The van der Waals surface area contributed by atoms with Gasteiger partial charge in [-0.25, -0.2) is 14.7 Å². The number of aromatic nitrogens is 3. The minimum absolute atomic E-state index is 0.197. The number of aliphatic imine (C=N–C) groups is 1. The Bertz CT molecular complexity index is 2090. The van der Waals surface area contributed by atoms with Crippen molar-refractivity contribution in [2.45, 2.75) is 0 Å². The Morgan fingerprint density at radius 3 is 1.61 bits per heavy atom. The van der Waals surface area contributed by atoms with Crippen LogP contribution in [0.1, 0.15) is 11.1 Å². The molecule has 7 rings (SSSR count). The summed E-state index contributed by atoms with van der Waals surface area (Å²) in [5, 5.41) is 16.9. The first-order valence-corrected chi connectivity index (χ1v) is 15.1. The van der Waals surface area contributed by atoms with Crippen molar-refractivity contribution >= 4 is 17.4 Å². The molecule has 220 valence electrons. The molecular formula is C40H30N6. The number of benzene rings is 6. The lowest BCUT2D eigenvalue weighted by Gasteiger charge is -2.12. The summed E-state index contributed by atoms with van der Waals surface area (Å²) in [4.78, 5) is 9.58. The highest BCUT2D eigenvalue weighted by Crippen LogP contribution is 2.28. The van der Waals surface area contributed by atoms with Crippen molar-refractivity contribution in [3.8, 4) is 39.6 Å². The third kappa shape index (κ3) is 6.27. The van der Waals surface area contributed by atoms with Crippen LogP contribution < -0.4 is 5.32 Å². The van der Waals surface area contributed by atoms with E-state index in [0.29, 0.717) is 11.7 Å². The molecule has 0 amide bonds. The van der Waals surface area contributed by atoms with Gasteiger partial charge in [0.15, 0.2) is 17.5 Å². The van der Waals surface area contributed by atoms with Gasteiger partial charge in [0.1, 0.15) is 5.84 Å². The van der Waals surface area contributed by atoms with Crippen LogP contribution in [0.5, 0.6) is 0 Å². The largest absolute Gasteiger partial charge is 0.340 e. The molecule has 0 aliphatic carbocycles. The molecule has 0 saturated carbocycles. The second-order valence-corrected chi connectivity index (χ2v) is 10.7. The lowest BCUT2D eigenvalue weighted by atomic mass is 10.0. The van der Waals surface area contributed by atoms with Crippen LogP contribution in [0.25, 0.3) is 39.6 Å². The van der Waals surface area contributed by atoms with Gasteiger partial charge in [0.25, 0.3) is 0 Å². The fourth-order valence-corrected chi connectivity index (χ4v) is 5.19. The molecule has 0 aliphatic heterocycles. The third-order valence-electron chi connectivity index (χ3n) is 7.58. The number of anilines is 1. The second-order valence-electron chi connectivity index (χ2n) is 10.7. The zero-order valence-corrected chi connectivity index (χ0v) is 25.0. The standard InChI is InChI=1S/C40H30N6/c41-37(31-13-5-1-6-14-31)43-38(32-15-7-2-8-16-32)42-35-25-21-29(22-26-35)30-23-27-36(28-24-30)46-40(34-19-11-4-12-20-34)44-39(45-46)33-17-9-3-10-18-33/h1-28H,(H2,41,42,43). The van der Waals surface area contributed by atoms with Gasteiger partial charge in [0.05, 0.1) is 5.69 Å². The van der Waals surface area contributed by atoms with Gasteiger partial charge in [0, 0.05) is 27.9 Å². The quantitative estimate of drug-likeness (QED) is 0.143. The van der Waals surface area contributed by atoms with E-state index in [1.807, 2.05) is 126 Å². The Kier molecular flexibility index (Phi) is 8.07. The number of amidine groups is 2. The van der Waals surface area contributed by atoms with Gasteiger partial charge < -0.3 is 5.32 Å². The molecule has 0 atom stereocenters. The van der Waals surface area contributed by atoms with E-state index in [0.717, 1.165) is 50.6 Å². The predicted octanol–water partition coefficient (Wildman–Crippen LogP) is 9.15. The highest BCUT2D eigenvalue weighted by atomic mass is 15.4. The van der Waals surface area contributed by atoms with Crippen molar-refractivity contribution in [3.63, 3.8) is 0 Å². The van der Waals surface area contributed by atoms with E-state index in [1.54, 1.807) is 0 Å². The molecular weight excluding hydrogens is 564 g/mol. The van der Waals surface area contributed by atoms with Crippen molar-refractivity contribution in [3.05, 3.63) is 181 Å². The van der Waals surface area contributed by atoms with Crippen molar-refractivity contribution in [2.75, 3.05) is 5.32 Å². The van der Waals surface area contributed by atoms with E-state index in [4.69, 9.17) is 15.5 Å². The molecule has 46 heavy (non-hydrogen) atoms. The van der Waals surface area contributed by atoms with E-state index >= 15 is 0 Å². The van der Waals surface area contributed by atoms with Crippen molar-refractivity contribution in [1.82, 2.24) is 14.8 Å². The fraction of sp³-hybridized carbons (Fsp3) is 0. The second kappa shape index (κ2) is 13.1. The van der Waals surface area contributed by atoms with Gasteiger partial charge in [-0.15, -0.1) is 5.10 Å². The summed E-state index contributed by atoms with van der Waals surface area (Å²) in [6.07, 6.45) is 0. The number of rotatable bonds is 7. The molecule has 0 fully saturated rings. The Labute approximate surface area is 267 Å². The Balaban J connectivity index is 1.15. The van der Waals surface area contributed by atoms with Gasteiger partial charge in [-0.1, -0.05) is 146 Å². The van der Waals surface area contributed by atoms with Gasteiger partial charge >= 0.3 is 0 Å². The molecule has 0 aliphatic rings. The lowest BCUT2D eigenvalue weighted by Crippen LogP contribution is -2.16. The molecule has 2 N–H and O–H groups in total. The van der Waals surface area contributed by atoms with Crippen LogP contribution in [0.2, 0.25) is 0 Å². The van der Waals surface area contributed by atoms with Crippen molar-refractivity contribution < 1.29 is 0 Å². The monoisotopic (exact) mass is 594 g/mol.